The second-order valence-electron chi connectivity index (χ2n) is 8.48. The van der Waals surface area contributed by atoms with E-state index in [1.807, 2.05) is 44.2 Å². The fraction of sp³-hybridized carbons (Fsp3) is 0.440. The molecule has 168 valence electrons. The number of allylic oxidation sites excluding steroid dienone is 1. The summed E-state index contributed by atoms with van der Waals surface area (Å²) in [5.41, 5.74) is 4.24. The fourth-order valence-corrected chi connectivity index (χ4v) is 4.43. The number of rotatable bonds is 8. The molecule has 0 aliphatic heterocycles. The molecule has 7 heteroatoms. The van der Waals surface area contributed by atoms with Gasteiger partial charge in [-0.2, -0.15) is 10.2 Å². The summed E-state index contributed by atoms with van der Waals surface area (Å²) in [4.78, 5) is 25.2. The molecule has 0 bridgehead atoms. The van der Waals surface area contributed by atoms with Gasteiger partial charge in [0.2, 0.25) is 5.91 Å². The number of hydrogen-bond acceptors (Lipinski definition) is 4. The van der Waals surface area contributed by atoms with E-state index in [0.29, 0.717) is 31.4 Å². The minimum atomic E-state index is -0.215. The second kappa shape index (κ2) is 9.94. The lowest BCUT2D eigenvalue weighted by atomic mass is 9.97. The third-order valence-corrected chi connectivity index (χ3v) is 6.11. The van der Waals surface area contributed by atoms with Crippen LogP contribution in [-0.4, -0.2) is 32.0 Å². The van der Waals surface area contributed by atoms with Gasteiger partial charge in [0.05, 0.1) is 22.5 Å². The molecule has 1 aliphatic carbocycles. The van der Waals surface area contributed by atoms with E-state index < -0.39 is 0 Å². The van der Waals surface area contributed by atoms with Crippen LogP contribution in [0.4, 0.5) is 0 Å². The molecule has 0 radical (unpaired) electrons. The van der Waals surface area contributed by atoms with Crippen LogP contribution in [0, 0.1) is 13.8 Å². The first-order chi connectivity index (χ1) is 15.5. The molecule has 0 saturated heterocycles. The van der Waals surface area contributed by atoms with Gasteiger partial charge in [0.1, 0.15) is 0 Å². The van der Waals surface area contributed by atoms with Crippen molar-refractivity contribution in [2.75, 3.05) is 6.54 Å². The maximum Gasteiger partial charge on any atom is 0.295 e. The monoisotopic (exact) mass is 433 g/mol. The highest BCUT2D eigenvalue weighted by Crippen LogP contribution is 2.21. The molecule has 1 aromatic carbocycles. The number of carbonyl (C=O) groups is 1. The van der Waals surface area contributed by atoms with E-state index in [0.717, 1.165) is 41.7 Å². The molecule has 2 aromatic heterocycles. The zero-order valence-electron chi connectivity index (χ0n) is 18.9. The summed E-state index contributed by atoms with van der Waals surface area (Å²) in [6.45, 7) is 4.93. The third-order valence-electron chi connectivity index (χ3n) is 6.11. The topological polar surface area (TPSA) is 81.8 Å². The second-order valence-corrected chi connectivity index (χ2v) is 8.48. The number of hydrogen-bond donors (Lipinski definition) is 1. The number of aryl methyl sites for hydroxylation is 3. The van der Waals surface area contributed by atoms with E-state index in [-0.39, 0.29) is 11.5 Å². The van der Waals surface area contributed by atoms with Crippen molar-refractivity contribution in [2.24, 2.45) is 0 Å². The van der Waals surface area contributed by atoms with Crippen LogP contribution in [0.25, 0.3) is 16.6 Å². The summed E-state index contributed by atoms with van der Waals surface area (Å²) in [6.07, 6.45) is 9.05. The zero-order valence-corrected chi connectivity index (χ0v) is 18.9. The molecule has 2 heterocycles. The predicted molar refractivity (Wildman–Crippen MR) is 126 cm³/mol. The van der Waals surface area contributed by atoms with Crippen molar-refractivity contribution in [3.05, 3.63) is 63.7 Å². The van der Waals surface area contributed by atoms with E-state index in [1.165, 1.54) is 23.1 Å². The Bertz CT molecular complexity index is 1190. The highest BCUT2D eigenvalue weighted by Gasteiger charge is 2.17. The standard InChI is InChI=1S/C25H31N5O2/c1-18-23-19(2)30(21-12-7-4-8-13-21)28-24(23)25(32)29(27-18)17-9-14-22(31)26-16-15-20-10-5-3-6-11-20/h4,7-8,10,12-13H,3,5-6,9,11,14-17H2,1-2H3,(H,26,31). The predicted octanol–water partition coefficient (Wildman–Crippen LogP) is 3.99. The third kappa shape index (κ3) is 4.82. The van der Waals surface area contributed by atoms with E-state index >= 15 is 0 Å². The van der Waals surface area contributed by atoms with Gasteiger partial charge >= 0.3 is 0 Å². The molecule has 7 nitrogen and oxygen atoms in total. The fourth-order valence-electron chi connectivity index (χ4n) is 4.43. The highest BCUT2D eigenvalue weighted by atomic mass is 16.1. The number of carbonyl (C=O) groups excluding carboxylic acids is 1. The normalized spacial score (nSPS) is 13.9. The van der Waals surface area contributed by atoms with Gasteiger partial charge in [-0.15, -0.1) is 0 Å². The summed E-state index contributed by atoms with van der Waals surface area (Å²) < 4.78 is 3.24. The van der Waals surface area contributed by atoms with Gasteiger partial charge in [0.15, 0.2) is 5.52 Å². The molecule has 0 atom stereocenters. The molecule has 0 spiro atoms. The van der Waals surface area contributed by atoms with Crippen LogP contribution in [0.2, 0.25) is 0 Å². The Labute approximate surface area is 188 Å². The Kier molecular flexibility index (Phi) is 6.83. The molecule has 1 N–H and O–H groups in total. The van der Waals surface area contributed by atoms with Crippen molar-refractivity contribution >= 4 is 16.8 Å². The summed E-state index contributed by atoms with van der Waals surface area (Å²) in [5, 5.41) is 12.9. The lowest BCUT2D eigenvalue weighted by Crippen LogP contribution is -2.27. The van der Waals surface area contributed by atoms with Crippen LogP contribution >= 0.6 is 0 Å². The molecule has 1 amide bonds. The minimum absolute atomic E-state index is 0.0245. The lowest BCUT2D eigenvalue weighted by Gasteiger charge is -2.13. The minimum Gasteiger partial charge on any atom is -0.356 e. The molecule has 4 rings (SSSR count). The molecule has 32 heavy (non-hydrogen) atoms. The van der Waals surface area contributed by atoms with Gasteiger partial charge in [0.25, 0.3) is 5.56 Å². The molecular formula is C25H31N5O2. The number of nitrogens with zero attached hydrogens (tertiary/aromatic N) is 4. The Morgan fingerprint density at radius 1 is 1.12 bits per heavy atom. The summed E-state index contributed by atoms with van der Waals surface area (Å²) in [6, 6.07) is 9.77. The first-order valence-electron chi connectivity index (χ1n) is 11.5. The van der Waals surface area contributed by atoms with Crippen LogP contribution in [0.1, 0.15) is 56.3 Å². The molecule has 3 aromatic rings. The Balaban J connectivity index is 1.39. The average Bonchev–Trinajstić information content (AvgIpc) is 3.16. The number of para-hydroxylation sites is 1. The van der Waals surface area contributed by atoms with Crippen molar-refractivity contribution in [3.8, 4) is 5.69 Å². The largest absolute Gasteiger partial charge is 0.356 e. The van der Waals surface area contributed by atoms with Crippen LogP contribution in [0.15, 0.2) is 46.8 Å². The van der Waals surface area contributed by atoms with Crippen molar-refractivity contribution in [1.82, 2.24) is 24.9 Å². The van der Waals surface area contributed by atoms with Gasteiger partial charge in [-0.25, -0.2) is 9.36 Å². The van der Waals surface area contributed by atoms with Crippen molar-refractivity contribution in [3.63, 3.8) is 0 Å². The highest BCUT2D eigenvalue weighted by molar-refractivity contribution is 5.83. The molecule has 0 unspecified atom stereocenters. The number of fused-ring (bicyclic) bond motifs is 1. The first kappa shape index (κ1) is 22.0. The summed E-state index contributed by atoms with van der Waals surface area (Å²) in [7, 11) is 0. The van der Waals surface area contributed by atoms with Crippen LogP contribution in [0.5, 0.6) is 0 Å². The van der Waals surface area contributed by atoms with Crippen molar-refractivity contribution in [1.29, 1.82) is 0 Å². The van der Waals surface area contributed by atoms with Gasteiger partial charge < -0.3 is 5.32 Å². The van der Waals surface area contributed by atoms with Crippen molar-refractivity contribution in [2.45, 2.75) is 65.3 Å². The van der Waals surface area contributed by atoms with Crippen LogP contribution in [0.3, 0.4) is 0 Å². The number of aromatic nitrogens is 4. The summed E-state index contributed by atoms with van der Waals surface area (Å²) in [5.74, 6) is 0.0245. The average molecular weight is 434 g/mol. The van der Waals surface area contributed by atoms with E-state index in [9.17, 15) is 9.59 Å². The molecular weight excluding hydrogens is 402 g/mol. The Morgan fingerprint density at radius 3 is 2.69 bits per heavy atom. The maximum absolute atomic E-state index is 13.0. The quantitative estimate of drug-likeness (QED) is 0.545. The first-order valence-corrected chi connectivity index (χ1v) is 11.5. The van der Waals surface area contributed by atoms with Crippen LogP contribution in [-0.2, 0) is 11.3 Å². The van der Waals surface area contributed by atoms with E-state index in [1.54, 1.807) is 4.68 Å². The zero-order chi connectivity index (χ0) is 22.5. The summed E-state index contributed by atoms with van der Waals surface area (Å²) >= 11 is 0. The number of benzene rings is 1. The Hall–Kier alpha value is -3.22. The Morgan fingerprint density at radius 2 is 1.94 bits per heavy atom. The van der Waals surface area contributed by atoms with Crippen LogP contribution < -0.4 is 10.9 Å². The molecule has 0 saturated carbocycles. The van der Waals surface area contributed by atoms with Gasteiger partial charge in [-0.1, -0.05) is 29.8 Å². The lowest BCUT2D eigenvalue weighted by molar-refractivity contribution is -0.121. The van der Waals surface area contributed by atoms with E-state index in [2.05, 4.69) is 21.6 Å². The SMILES string of the molecule is Cc1nn(CCCC(=O)NCCC2=CCCCC2)c(=O)c2nn(-c3ccccc3)c(C)c12. The van der Waals surface area contributed by atoms with Gasteiger partial charge in [-0.05, 0) is 64.5 Å². The van der Waals surface area contributed by atoms with Crippen molar-refractivity contribution < 1.29 is 4.79 Å². The number of nitrogens with one attached hydrogen (secondary N) is 1. The smallest absolute Gasteiger partial charge is 0.295 e. The number of amides is 1. The molecule has 1 aliphatic rings. The van der Waals surface area contributed by atoms with Gasteiger partial charge in [0, 0.05) is 19.5 Å². The van der Waals surface area contributed by atoms with E-state index in [4.69, 9.17) is 0 Å². The molecule has 0 fully saturated rings. The maximum atomic E-state index is 13.0. The van der Waals surface area contributed by atoms with Gasteiger partial charge in [-0.3, -0.25) is 9.59 Å².